The Balaban J connectivity index is 1.57. The summed E-state index contributed by atoms with van der Waals surface area (Å²) in [5.74, 6) is 0.0114. The van der Waals surface area contributed by atoms with E-state index < -0.39 is 0 Å². The van der Waals surface area contributed by atoms with Crippen molar-refractivity contribution in [2.24, 2.45) is 5.10 Å². The molecule has 2 heterocycles. The second-order valence-corrected chi connectivity index (χ2v) is 4.72. The fourth-order valence-electron chi connectivity index (χ4n) is 1.89. The number of anilines is 1. The highest BCUT2D eigenvalue weighted by Gasteiger charge is 2.09. The highest BCUT2D eigenvalue weighted by atomic mass is 16.3. The van der Waals surface area contributed by atoms with Crippen molar-refractivity contribution in [3.8, 4) is 0 Å². The van der Waals surface area contributed by atoms with Gasteiger partial charge >= 0.3 is 0 Å². The standard InChI is InChI=1S/C17H13N3O4/c21-16(20-18-11-14-3-1-9-23-14)12-5-7-13(8-6-12)19-17(22)15-4-2-10-24-15/h1-11H,(H,19,22)(H,20,21)/b18-11-. The molecule has 1 aromatic carbocycles. The zero-order valence-electron chi connectivity index (χ0n) is 12.4. The summed E-state index contributed by atoms with van der Waals surface area (Å²) in [4.78, 5) is 23.8. The van der Waals surface area contributed by atoms with Crippen molar-refractivity contribution in [2.75, 3.05) is 5.32 Å². The molecule has 0 aliphatic rings. The van der Waals surface area contributed by atoms with Crippen LogP contribution in [0.4, 0.5) is 5.69 Å². The van der Waals surface area contributed by atoms with E-state index in [9.17, 15) is 9.59 Å². The van der Waals surface area contributed by atoms with E-state index in [2.05, 4.69) is 15.8 Å². The minimum Gasteiger partial charge on any atom is -0.463 e. The van der Waals surface area contributed by atoms with Crippen LogP contribution in [0.1, 0.15) is 26.7 Å². The Morgan fingerprint density at radius 1 is 0.917 bits per heavy atom. The maximum Gasteiger partial charge on any atom is 0.291 e. The summed E-state index contributed by atoms with van der Waals surface area (Å²) in [6, 6.07) is 13.0. The predicted molar refractivity (Wildman–Crippen MR) is 86.9 cm³/mol. The molecule has 0 radical (unpaired) electrons. The third kappa shape index (κ3) is 3.77. The van der Waals surface area contributed by atoms with Crippen molar-refractivity contribution in [1.29, 1.82) is 0 Å². The van der Waals surface area contributed by atoms with Crippen LogP contribution in [0, 0.1) is 0 Å². The molecule has 2 N–H and O–H groups in total. The summed E-state index contributed by atoms with van der Waals surface area (Å²) in [6.07, 6.45) is 4.33. The molecule has 24 heavy (non-hydrogen) atoms. The van der Waals surface area contributed by atoms with Gasteiger partial charge in [0.05, 0.1) is 18.7 Å². The van der Waals surface area contributed by atoms with Gasteiger partial charge in [0.25, 0.3) is 11.8 Å². The predicted octanol–water partition coefficient (Wildman–Crippen LogP) is 2.89. The van der Waals surface area contributed by atoms with E-state index in [4.69, 9.17) is 8.83 Å². The quantitative estimate of drug-likeness (QED) is 0.557. The van der Waals surface area contributed by atoms with Crippen LogP contribution in [-0.4, -0.2) is 18.0 Å². The van der Waals surface area contributed by atoms with Gasteiger partial charge < -0.3 is 14.2 Å². The second-order valence-electron chi connectivity index (χ2n) is 4.72. The highest BCUT2D eigenvalue weighted by Crippen LogP contribution is 2.12. The molecule has 0 unspecified atom stereocenters. The lowest BCUT2D eigenvalue weighted by Gasteiger charge is -2.04. The van der Waals surface area contributed by atoms with Crippen LogP contribution in [-0.2, 0) is 0 Å². The number of hydrogen-bond acceptors (Lipinski definition) is 5. The number of rotatable bonds is 5. The Labute approximate surface area is 137 Å². The molecule has 0 bridgehead atoms. The lowest BCUT2D eigenvalue weighted by molar-refractivity contribution is 0.0954. The maximum absolute atomic E-state index is 11.9. The molecule has 0 saturated carbocycles. The third-order valence-electron chi connectivity index (χ3n) is 3.05. The van der Waals surface area contributed by atoms with Gasteiger partial charge in [-0.1, -0.05) is 0 Å². The van der Waals surface area contributed by atoms with E-state index in [0.29, 0.717) is 17.0 Å². The van der Waals surface area contributed by atoms with Crippen molar-refractivity contribution in [3.63, 3.8) is 0 Å². The SMILES string of the molecule is O=C(N/N=C\c1ccco1)c1ccc(NC(=O)c2ccco2)cc1. The first-order valence-corrected chi connectivity index (χ1v) is 7.04. The normalized spacial score (nSPS) is 10.7. The summed E-state index contributed by atoms with van der Waals surface area (Å²) in [6.45, 7) is 0. The van der Waals surface area contributed by atoms with E-state index in [1.165, 1.54) is 18.7 Å². The first-order valence-electron chi connectivity index (χ1n) is 7.04. The molecule has 2 amide bonds. The number of carbonyl (C=O) groups is 2. The lowest BCUT2D eigenvalue weighted by Crippen LogP contribution is -2.17. The monoisotopic (exact) mass is 323 g/mol. The molecule has 0 atom stereocenters. The topological polar surface area (TPSA) is 96.8 Å². The number of nitrogens with zero attached hydrogens (tertiary/aromatic N) is 1. The average molecular weight is 323 g/mol. The van der Waals surface area contributed by atoms with Crippen LogP contribution in [0.25, 0.3) is 0 Å². The van der Waals surface area contributed by atoms with Crippen molar-refractivity contribution in [2.45, 2.75) is 0 Å². The van der Waals surface area contributed by atoms with Crippen LogP contribution in [0.15, 0.2) is 75.0 Å². The van der Waals surface area contributed by atoms with Gasteiger partial charge in [0.1, 0.15) is 5.76 Å². The summed E-state index contributed by atoms with van der Waals surface area (Å²) in [5.41, 5.74) is 3.34. The largest absolute Gasteiger partial charge is 0.463 e. The van der Waals surface area contributed by atoms with Crippen LogP contribution in [0.5, 0.6) is 0 Å². The summed E-state index contributed by atoms with van der Waals surface area (Å²) >= 11 is 0. The van der Waals surface area contributed by atoms with E-state index in [1.807, 2.05) is 0 Å². The Morgan fingerprint density at radius 2 is 1.67 bits per heavy atom. The average Bonchev–Trinajstić information content (AvgIpc) is 3.29. The van der Waals surface area contributed by atoms with Gasteiger partial charge in [-0.15, -0.1) is 0 Å². The Hall–Kier alpha value is -3.61. The number of hydrazone groups is 1. The number of benzene rings is 1. The Kier molecular flexibility index (Phi) is 4.52. The molecule has 0 fully saturated rings. The van der Waals surface area contributed by atoms with Crippen molar-refractivity contribution in [3.05, 3.63) is 78.1 Å². The van der Waals surface area contributed by atoms with Gasteiger partial charge in [-0.25, -0.2) is 5.43 Å². The molecule has 3 aromatic rings. The molecule has 0 spiro atoms. The first kappa shape index (κ1) is 15.3. The number of carbonyl (C=O) groups excluding carboxylic acids is 2. The van der Waals surface area contributed by atoms with Gasteiger partial charge in [0.2, 0.25) is 0 Å². The summed E-state index contributed by atoms with van der Waals surface area (Å²) in [5, 5.41) is 6.46. The smallest absolute Gasteiger partial charge is 0.291 e. The summed E-state index contributed by atoms with van der Waals surface area (Å²) in [7, 11) is 0. The Morgan fingerprint density at radius 3 is 2.33 bits per heavy atom. The fraction of sp³-hybridized carbons (Fsp3) is 0. The van der Waals surface area contributed by atoms with Gasteiger partial charge in [-0.3, -0.25) is 9.59 Å². The second kappa shape index (κ2) is 7.10. The van der Waals surface area contributed by atoms with Crippen LogP contribution in [0.3, 0.4) is 0 Å². The molecule has 3 rings (SSSR count). The van der Waals surface area contributed by atoms with Gasteiger partial charge in [0, 0.05) is 11.3 Å². The molecular weight excluding hydrogens is 310 g/mol. The molecule has 0 saturated heterocycles. The molecular formula is C17H13N3O4. The maximum atomic E-state index is 11.9. The third-order valence-corrected chi connectivity index (χ3v) is 3.05. The zero-order chi connectivity index (χ0) is 16.8. The van der Waals surface area contributed by atoms with Crippen LogP contribution < -0.4 is 10.7 Å². The number of amides is 2. The molecule has 7 nitrogen and oxygen atoms in total. The molecule has 2 aromatic heterocycles. The molecule has 0 aliphatic carbocycles. The van der Waals surface area contributed by atoms with Crippen LogP contribution >= 0.6 is 0 Å². The Bertz CT molecular complexity index is 835. The molecule has 0 aliphatic heterocycles. The zero-order valence-corrected chi connectivity index (χ0v) is 12.4. The van der Waals surface area contributed by atoms with Crippen molar-refractivity contribution >= 4 is 23.7 Å². The van der Waals surface area contributed by atoms with Crippen LogP contribution in [0.2, 0.25) is 0 Å². The minimum absolute atomic E-state index is 0.212. The van der Waals surface area contributed by atoms with E-state index in [0.717, 1.165) is 0 Å². The molecule has 120 valence electrons. The first-order chi connectivity index (χ1) is 11.7. The van der Waals surface area contributed by atoms with E-state index >= 15 is 0 Å². The van der Waals surface area contributed by atoms with E-state index in [-0.39, 0.29) is 17.6 Å². The highest BCUT2D eigenvalue weighted by molar-refractivity contribution is 6.02. The van der Waals surface area contributed by atoms with Gasteiger partial charge in [-0.2, -0.15) is 5.10 Å². The number of nitrogens with one attached hydrogen (secondary N) is 2. The minimum atomic E-state index is -0.373. The fourth-order valence-corrected chi connectivity index (χ4v) is 1.89. The van der Waals surface area contributed by atoms with E-state index in [1.54, 1.807) is 48.5 Å². The van der Waals surface area contributed by atoms with Crippen molar-refractivity contribution < 1.29 is 18.4 Å². The molecule has 7 heteroatoms. The number of furan rings is 2. The number of hydrogen-bond donors (Lipinski definition) is 2. The van der Waals surface area contributed by atoms with Crippen molar-refractivity contribution in [1.82, 2.24) is 5.43 Å². The van der Waals surface area contributed by atoms with Gasteiger partial charge in [0.15, 0.2) is 5.76 Å². The lowest BCUT2D eigenvalue weighted by atomic mass is 10.2. The summed E-state index contributed by atoms with van der Waals surface area (Å²) < 4.78 is 10.1. The van der Waals surface area contributed by atoms with Gasteiger partial charge in [-0.05, 0) is 48.5 Å².